The van der Waals surface area contributed by atoms with E-state index in [0.717, 1.165) is 24.0 Å². The lowest BCUT2D eigenvalue weighted by Crippen LogP contribution is -2.65. The molecule has 2 aliphatic rings. The van der Waals surface area contributed by atoms with Crippen LogP contribution in [0.15, 0.2) is 42.7 Å². The van der Waals surface area contributed by atoms with Crippen LogP contribution < -0.4 is 10.1 Å². The van der Waals surface area contributed by atoms with E-state index in [1.54, 1.807) is 18.5 Å². The van der Waals surface area contributed by atoms with Crippen LogP contribution in [0, 0.1) is 0 Å². The number of H-pyrrole nitrogens is 1. The van der Waals surface area contributed by atoms with Crippen LogP contribution in [0.5, 0.6) is 11.6 Å². The van der Waals surface area contributed by atoms with E-state index in [1.165, 1.54) is 19.3 Å². The van der Waals surface area contributed by atoms with E-state index in [-0.39, 0.29) is 22.9 Å². The molecule has 156 valence electrons. The average molecular weight is 406 g/mol. The summed E-state index contributed by atoms with van der Waals surface area (Å²) in [5.41, 5.74) is 3.31. The summed E-state index contributed by atoms with van der Waals surface area (Å²) in [5.74, 6) is 0.689. The fraction of sp³-hybridized carbons (Fsp3) is 0.435. The zero-order valence-electron chi connectivity index (χ0n) is 17.4. The summed E-state index contributed by atoms with van der Waals surface area (Å²) >= 11 is 0. The van der Waals surface area contributed by atoms with Crippen molar-refractivity contribution >= 4 is 0 Å². The normalized spacial score (nSPS) is 28.3. The molecule has 0 aliphatic carbocycles. The van der Waals surface area contributed by atoms with E-state index in [4.69, 9.17) is 4.74 Å². The van der Waals surface area contributed by atoms with Crippen molar-refractivity contribution in [3.8, 4) is 34.0 Å². The Bertz CT molecular complexity index is 1020. The van der Waals surface area contributed by atoms with Gasteiger partial charge in [0.1, 0.15) is 11.9 Å². The van der Waals surface area contributed by atoms with Gasteiger partial charge in [-0.25, -0.2) is 0 Å². The summed E-state index contributed by atoms with van der Waals surface area (Å²) in [6.45, 7) is 4.59. The van der Waals surface area contributed by atoms with E-state index in [2.05, 4.69) is 39.6 Å². The second-order valence-electron chi connectivity index (χ2n) is 9.22. The molecule has 2 aliphatic heterocycles. The lowest BCUT2D eigenvalue weighted by molar-refractivity contribution is 0.00727. The van der Waals surface area contributed by atoms with Gasteiger partial charge < -0.3 is 15.2 Å². The number of ether oxygens (including phenoxy) is 1. The quantitative estimate of drug-likeness (QED) is 0.605. The number of aromatic hydroxyl groups is 1. The molecule has 7 heteroatoms. The molecule has 30 heavy (non-hydrogen) atoms. The molecule has 3 N–H and O–H groups in total. The molecule has 2 fully saturated rings. The first-order valence-corrected chi connectivity index (χ1v) is 10.5. The Morgan fingerprint density at radius 1 is 1.03 bits per heavy atom. The minimum Gasteiger partial charge on any atom is -0.507 e. The maximum absolute atomic E-state index is 10.5. The third kappa shape index (κ3) is 3.65. The number of rotatable bonds is 4. The highest BCUT2D eigenvalue weighted by atomic mass is 16.5. The van der Waals surface area contributed by atoms with Crippen molar-refractivity contribution in [3.63, 3.8) is 0 Å². The highest BCUT2D eigenvalue weighted by molar-refractivity contribution is 5.73. The van der Waals surface area contributed by atoms with E-state index in [1.807, 2.05) is 24.3 Å². The smallest absolute Gasteiger partial charge is 0.233 e. The minimum absolute atomic E-state index is 0.129. The number of aromatic amines is 1. The van der Waals surface area contributed by atoms with Crippen LogP contribution in [0.1, 0.15) is 46.0 Å². The number of hydrogen-bond donors (Lipinski definition) is 3. The fourth-order valence-corrected chi connectivity index (χ4v) is 5.22. The van der Waals surface area contributed by atoms with Crippen LogP contribution >= 0.6 is 0 Å². The molecule has 3 aromatic rings. The van der Waals surface area contributed by atoms with Crippen LogP contribution in [0.25, 0.3) is 22.4 Å². The number of hydrogen-bond acceptors (Lipinski definition) is 6. The Kier molecular flexibility index (Phi) is 4.50. The largest absolute Gasteiger partial charge is 0.507 e. The van der Waals surface area contributed by atoms with Crippen LogP contribution in [-0.4, -0.2) is 42.7 Å². The molecule has 5 rings (SSSR count). The lowest BCUT2D eigenvalue weighted by atomic mass is 9.70. The number of phenolic OH excluding ortho intramolecular Hbond substituents is 1. The van der Waals surface area contributed by atoms with Crippen molar-refractivity contribution in [3.05, 3.63) is 42.7 Å². The van der Waals surface area contributed by atoms with Gasteiger partial charge in [-0.3, -0.25) is 5.10 Å². The van der Waals surface area contributed by atoms with E-state index in [0.29, 0.717) is 17.1 Å². The Morgan fingerprint density at radius 3 is 2.47 bits per heavy atom. The van der Waals surface area contributed by atoms with Gasteiger partial charge in [-0.15, -0.1) is 10.2 Å². The number of nitrogens with zero attached hydrogens (tertiary/aromatic N) is 3. The van der Waals surface area contributed by atoms with Crippen molar-refractivity contribution in [1.82, 2.24) is 25.7 Å². The number of phenols is 1. The van der Waals surface area contributed by atoms with Gasteiger partial charge in [0.15, 0.2) is 0 Å². The average Bonchev–Trinajstić information content (AvgIpc) is 3.22. The second kappa shape index (κ2) is 7.09. The predicted octanol–water partition coefficient (Wildman–Crippen LogP) is 4.07. The van der Waals surface area contributed by atoms with Gasteiger partial charge in [0.25, 0.3) is 0 Å². The molecule has 0 saturated carbocycles. The monoisotopic (exact) mass is 405 g/mol. The molecule has 2 bridgehead atoms. The Hall–Kier alpha value is -2.93. The molecule has 7 nitrogen and oxygen atoms in total. The summed E-state index contributed by atoms with van der Waals surface area (Å²) in [6, 6.07) is 9.18. The van der Waals surface area contributed by atoms with E-state index < -0.39 is 0 Å². The third-order valence-corrected chi connectivity index (χ3v) is 6.45. The molecule has 1 aromatic carbocycles. The Labute approximate surface area is 175 Å². The molecule has 0 spiro atoms. The van der Waals surface area contributed by atoms with Gasteiger partial charge >= 0.3 is 0 Å². The van der Waals surface area contributed by atoms with Crippen molar-refractivity contribution in [2.45, 2.75) is 63.1 Å². The zero-order chi connectivity index (χ0) is 20.8. The number of benzene rings is 1. The van der Waals surface area contributed by atoms with Gasteiger partial charge in [-0.2, -0.15) is 5.10 Å². The number of aromatic nitrogens is 4. The maximum Gasteiger partial charge on any atom is 0.233 e. The SMILES string of the molecule is C[C@]12CCC[C@](C)(C[C@@H](Oc3ccc(-c4ccc(-c5cn[nH]c5)cc4O)nn3)C1)N2. The van der Waals surface area contributed by atoms with Crippen molar-refractivity contribution in [2.24, 2.45) is 0 Å². The third-order valence-electron chi connectivity index (χ3n) is 6.45. The second-order valence-corrected chi connectivity index (χ2v) is 9.22. The van der Waals surface area contributed by atoms with E-state index in [9.17, 15) is 5.11 Å². The summed E-state index contributed by atoms with van der Waals surface area (Å²) in [5, 5.41) is 29.6. The van der Waals surface area contributed by atoms with Crippen LogP contribution in [0.4, 0.5) is 0 Å². The van der Waals surface area contributed by atoms with Gasteiger partial charge in [-0.05, 0) is 56.9 Å². The minimum atomic E-state index is 0.129. The topological polar surface area (TPSA) is 96.0 Å². The van der Waals surface area contributed by atoms with Crippen molar-refractivity contribution in [2.75, 3.05) is 0 Å². The van der Waals surface area contributed by atoms with Gasteiger partial charge in [0, 0.05) is 47.3 Å². The van der Waals surface area contributed by atoms with Gasteiger partial charge in [0.2, 0.25) is 5.88 Å². The van der Waals surface area contributed by atoms with Gasteiger partial charge in [0.05, 0.1) is 11.9 Å². The van der Waals surface area contributed by atoms with Crippen LogP contribution in [0.3, 0.4) is 0 Å². The van der Waals surface area contributed by atoms with E-state index >= 15 is 0 Å². The fourth-order valence-electron chi connectivity index (χ4n) is 5.22. The first-order valence-electron chi connectivity index (χ1n) is 10.5. The standard InChI is InChI=1S/C23H27N5O2/c1-22-8-3-9-23(2,28-22)12-17(11-22)30-21-7-6-19(26-27-21)18-5-4-15(10-20(18)29)16-13-24-25-14-16/h4-7,10,13-14,17,28-29H,3,8-9,11-12H2,1-2H3,(H,24,25)/t17-,22-,23+. The lowest BCUT2D eigenvalue weighted by Gasteiger charge is -2.53. The van der Waals surface area contributed by atoms with Gasteiger partial charge in [-0.1, -0.05) is 6.07 Å². The number of fused-ring (bicyclic) bond motifs is 2. The molecule has 0 radical (unpaired) electrons. The maximum atomic E-state index is 10.5. The molecule has 2 aromatic heterocycles. The highest BCUT2D eigenvalue weighted by Gasteiger charge is 2.46. The first kappa shape index (κ1) is 19.1. The summed E-state index contributed by atoms with van der Waals surface area (Å²) in [4.78, 5) is 0. The molecule has 4 heterocycles. The summed E-state index contributed by atoms with van der Waals surface area (Å²) in [7, 11) is 0. The number of piperidine rings is 2. The van der Waals surface area contributed by atoms with Crippen molar-refractivity contribution in [1.29, 1.82) is 0 Å². The molecular weight excluding hydrogens is 378 g/mol. The first-order chi connectivity index (χ1) is 14.4. The summed E-state index contributed by atoms with van der Waals surface area (Å²) in [6.07, 6.45) is 9.22. The summed E-state index contributed by atoms with van der Waals surface area (Å²) < 4.78 is 6.22. The zero-order valence-corrected chi connectivity index (χ0v) is 17.4. The van der Waals surface area contributed by atoms with Crippen molar-refractivity contribution < 1.29 is 9.84 Å². The van der Waals surface area contributed by atoms with Crippen LogP contribution in [0.2, 0.25) is 0 Å². The Morgan fingerprint density at radius 2 is 1.83 bits per heavy atom. The molecule has 3 atom stereocenters. The molecule has 0 amide bonds. The molecule has 2 saturated heterocycles. The number of nitrogens with one attached hydrogen (secondary N) is 2. The van der Waals surface area contributed by atoms with Crippen LogP contribution in [-0.2, 0) is 0 Å². The molecular formula is C23H27N5O2. The molecule has 0 unspecified atom stereocenters. The predicted molar refractivity (Wildman–Crippen MR) is 114 cm³/mol. The highest BCUT2D eigenvalue weighted by Crippen LogP contribution is 2.41. The Balaban J connectivity index is 1.31.